The van der Waals surface area contributed by atoms with Gasteiger partial charge in [-0.25, -0.2) is 4.79 Å². The number of carbonyl (C=O) groups is 3. The number of rotatable bonds is 11. The van der Waals surface area contributed by atoms with Crippen LogP contribution >= 0.6 is 12.4 Å². The maximum atomic E-state index is 12.7. The van der Waals surface area contributed by atoms with Gasteiger partial charge in [-0.05, 0) is 94.0 Å². The lowest BCUT2D eigenvalue weighted by molar-refractivity contribution is -0.142. The fraction of sp³-hybridized carbons (Fsp3) is 0.667. The summed E-state index contributed by atoms with van der Waals surface area (Å²) in [7, 11) is 0. The van der Waals surface area contributed by atoms with E-state index in [0.717, 1.165) is 70.9 Å². The predicted octanol–water partition coefficient (Wildman–Crippen LogP) is 4.40. The van der Waals surface area contributed by atoms with Crippen LogP contribution in [0.5, 0.6) is 0 Å². The molecule has 1 atom stereocenters. The Morgan fingerprint density at radius 3 is 2.26 bits per heavy atom. The van der Waals surface area contributed by atoms with Crippen LogP contribution in [0.2, 0.25) is 0 Å². The lowest BCUT2D eigenvalue weighted by Gasteiger charge is -2.30. The zero-order chi connectivity index (χ0) is 24.3. The second kappa shape index (κ2) is 15.1. The first-order chi connectivity index (χ1) is 16.5. The average molecular weight is 508 g/mol. The van der Waals surface area contributed by atoms with Crippen LogP contribution in [0, 0.1) is 5.92 Å². The molecule has 0 radical (unpaired) electrons. The van der Waals surface area contributed by atoms with Crippen molar-refractivity contribution in [2.75, 3.05) is 13.1 Å². The quantitative estimate of drug-likeness (QED) is 0.332. The number of benzene rings is 1. The molecule has 196 valence electrons. The van der Waals surface area contributed by atoms with E-state index in [1.54, 1.807) is 0 Å². The number of carboxylic acid groups (broad SMARTS) is 1. The Morgan fingerprint density at radius 1 is 1.00 bits per heavy atom. The minimum atomic E-state index is -0.966. The van der Waals surface area contributed by atoms with Gasteiger partial charge in [-0.2, -0.15) is 0 Å². The van der Waals surface area contributed by atoms with E-state index in [1.165, 1.54) is 5.56 Å². The van der Waals surface area contributed by atoms with E-state index < -0.39 is 12.0 Å². The number of carboxylic acids is 1. The van der Waals surface area contributed by atoms with Gasteiger partial charge >= 0.3 is 5.97 Å². The van der Waals surface area contributed by atoms with Crippen molar-refractivity contribution >= 4 is 30.2 Å². The number of unbranched alkanes of at least 4 members (excludes halogenated alkanes) is 2. The molecular weight excluding hydrogens is 466 g/mol. The lowest BCUT2D eigenvalue weighted by atomic mass is 9.82. The van der Waals surface area contributed by atoms with Crippen LogP contribution in [-0.2, 0) is 9.59 Å². The summed E-state index contributed by atoms with van der Waals surface area (Å²) in [6.45, 7) is 4.17. The molecule has 1 aliphatic heterocycles. The Morgan fingerprint density at radius 2 is 1.66 bits per heavy atom. The third-order valence-electron chi connectivity index (χ3n) is 7.38. The number of amides is 2. The molecule has 1 heterocycles. The van der Waals surface area contributed by atoms with Gasteiger partial charge in [0.05, 0.1) is 0 Å². The van der Waals surface area contributed by atoms with Crippen LogP contribution in [0.25, 0.3) is 0 Å². The topological polar surface area (TPSA) is 108 Å². The van der Waals surface area contributed by atoms with E-state index >= 15 is 0 Å². The molecule has 0 spiro atoms. The SMILES string of the molecule is CCCCCC(=O)NC(CC1CCC(NC(=O)c2ccc(C3CCNCC3)cc2)CC1)C(=O)O.Cl. The standard InChI is InChI=1S/C27H41N3O4.ClH/c1-2-3-4-5-25(31)30-24(27(33)34)18-19-6-12-23(13-7-19)29-26(32)22-10-8-20(9-11-22)21-14-16-28-17-15-21;/h8-11,19,21,23-24,28H,2-7,12-18H2,1H3,(H,29,32)(H,30,31)(H,33,34);1H. The molecule has 8 heteroatoms. The number of carbonyl (C=O) groups excluding carboxylic acids is 2. The second-order valence-corrected chi connectivity index (χ2v) is 9.99. The molecular formula is C27H42ClN3O4. The molecule has 1 aromatic rings. The summed E-state index contributed by atoms with van der Waals surface area (Å²) in [5.74, 6) is -0.359. The highest BCUT2D eigenvalue weighted by molar-refractivity contribution is 5.94. The van der Waals surface area contributed by atoms with Crippen LogP contribution in [0.15, 0.2) is 24.3 Å². The van der Waals surface area contributed by atoms with Crippen LogP contribution in [0.4, 0.5) is 0 Å². The first-order valence-electron chi connectivity index (χ1n) is 13.1. The van der Waals surface area contributed by atoms with Gasteiger partial charge in [0.1, 0.15) is 6.04 Å². The minimum Gasteiger partial charge on any atom is -0.480 e. The van der Waals surface area contributed by atoms with Crippen LogP contribution in [0.1, 0.15) is 99.4 Å². The van der Waals surface area contributed by atoms with E-state index in [2.05, 4.69) is 35.0 Å². The highest BCUT2D eigenvalue weighted by Gasteiger charge is 2.28. The van der Waals surface area contributed by atoms with Crippen molar-refractivity contribution in [3.63, 3.8) is 0 Å². The molecule has 1 unspecified atom stereocenters. The third kappa shape index (κ3) is 9.45. The van der Waals surface area contributed by atoms with Crippen molar-refractivity contribution in [1.82, 2.24) is 16.0 Å². The van der Waals surface area contributed by atoms with E-state index in [-0.39, 0.29) is 36.2 Å². The number of nitrogens with one attached hydrogen (secondary N) is 3. The molecule has 1 aromatic carbocycles. The van der Waals surface area contributed by atoms with Gasteiger partial charge in [0.15, 0.2) is 0 Å². The Kier molecular flexibility index (Phi) is 12.6. The van der Waals surface area contributed by atoms with Gasteiger partial charge in [0, 0.05) is 18.0 Å². The van der Waals surface area contributed by atoms with E-state index in [4.69, 9.17) is 0 Å². The lowest BCUT2D eigenvalue weighted by Crippen LogP contribution is -2.43. The molecule has 7 nitrogen and oxygen atoms in total. The van der Waals surface area contributed by atoms with Crippen molar-refractivity contribution in [1.29, 1.82) is 0 Å². The number of halogens is 1. The van der Waals surface area contributed by atoms with E-state index in [0.29, 0.717) is 24.3 Å². The Bertz CT molecular complexity index is 803. The summed E-state index contributed by atoms with van der Waals surface area (Å²) < 4.78 is 0. The zero-order valence-electron chi connectivity index (χ0n) is 20.9. The Labute approximate surface area is 215 Å². The molecule has 1 aliphatic carbocycles. The Balaban J connectivity index is 0.00000432. The molecule has 0 bridgehead atoms. The number of hydrogen-bond acceptors (Lipinski definition) is 4. The fourth-order valence-electron chi connectivity index (χ4n) is 5.23. The minimum absolute atomic E-state index is 0. The van der Waals surface area contributed by atoms with Crippen molar-refractivity contribution in [3.05, 3.63) is 35.4 Å². The smallest absolute Gasteiger partial charge is 0.326 e. The van der Waals surface area contributed by atoms with Crippen molar-refractivity contribution in [2.24, 2.45) is 5.92 Å². The second-order valence-electron chi connectivity index (χ2n) is 9.99. The maximum absolute atomic E-state index is 12.7. The van der Waals surface area contributed by atoms with Gasteiger partial charge in [0.25, 0.3) is 5.91 Å². The Hall–Kier alpha value is -2.12. The molecule has 1 saturated heterocycles. The van der Waals surface area contributed by atoms with Gasteiger partial charge in [-0.1, -0.05) is 31.9 Å². The molecule has 2 aliphatic rings. The molecule has 1 saturated carbocycles. The molecule has 2 fully saturated rings. The van der Waals surface area contributed by atoms with Crippen LogP contribution < -0.4 is 16.0 Å². The molecule has 2 amide bonds. The van der Waals surface area contributed by atoms with Crippen molar-refractivity contribution in [2.45, 2.75) is 95.6 Å². The summed E-state index contributed by atoms with van der Waals surface area (Å²) in [5.41, 5.74) is 2.00. The highest BCUT2D eigenvalue weighted by Crippen LogP contribution is 2.29. The van der Waals surface area contributed by atoms with E-state index in [9.17, 15) is 19.5 Å². The number of hydrogen-bond donors (Lipinski definition) is 4. The zero-order valence-corrected chi connectivity index (χ0v) is 21.7. The van der Waals surface area contributed by atoms with Gasteiger partial charge < -0.3 is 21.1 Å². The highest BCUT2D eigenvalue weighted by atomic mass is 35.5. The summed E-state index contributed by atoms with van der Waals surface area (Å²) in [6.07, 6.45) is 9.29. The summed E-state index contributed by atoms with van der Waals surface area (Å²) in [4.78, 5) is 36.5. The third-order valence-corrected chi connectivity index (χ3v) is 7.38. The molecule has 0 aromatic heterocycles. The maximum Gasteiger partial charge on any atom is 0.326 e. The molecule has 3 rings (SSSR count). The summed E-state index contributed by atoms with van der Waals surface area (Å²) >= 11 is 0. The first kappa shape index (κ1) is 29.1. The monoisotopic (exact) mass is 507 g/mol. The summed E-state index contributed by atoms with van der Waals surface area (Å²) in [6, 6.07) is 7.32. The molecule has 4 N–H and O–H groups in total. The van der Waals surface area contributed by atoms with Crippen LogP contribution in [-0.4, -0.2) is 48.1 Å². The number of aliphatic carboxylic acids is 1. The van der Waals surface area contributed by atoms with Crippen molar-refractivity contribution in [3.8, 4) is 0 Å². The van der Waals surface area contributed by atoms with Gasteiger partial charge in [-0.15, -0.1) is 12.4 Å². The normalized spacial score (nSPS) is 21.4. The van der Waals surface area contributed by atoms with Gasteiger partial charge in [-0.3, -0.25) is 9.59 Å². The molecule has 35 heavy (non-hydrogen) atoms. The van der Waals surface area contributed by atoms with Crippen molar-refractivity contribution < 1.29 is 19.5 Å². The van der Waals surface area contributed by atoms with Gasteiger partial charge in [0.2, 0.25) is 5.91 Å². The summed E-state index contributed by atoms with van der Waals surface area (Å²) in [5, 5.41) is 18.8. The van der Waals surface area contributed by atoms with E-state index in [1.807, 2.05) is 12.1 Å². The first-order valence-corrected chi connectivity index (χ1v) is 13.1. The fourth-order valence-corrected chi connectivity index (χ4v) is 5.23. The largest absolute Gasteiger partial charge is 0.480 e. The number of piperidine rings is 1. The van der Waals surface area contributed by atoms with Crippen LogP contribution in [0.3, 0.4) is 0 Å². The average Bonchev–Trinajstić information content (AvgIpc) is 2.85. The predicted molar refractivity (Wildman–Crippen MR) is 140 cm³/mol.